The number of nitro groups is 1. The number of rotatable bonds is 8. The minimum atomic E-state index is -0.431. The second-order valence-electron chi connectivity index (χ2n) is 6.25. The maximum Gasteiger partial charge on any atom is 0.269 e. The highest BCUT2D eigenvalue weighted by atomic mass is 32.2. The highest BCUT2D eigenvalue weighted by molar-refractivity contribution is 7.99. The molecule has 8 nitrogen and oxygen atoms in total. The van der Waals surface area contributed by atoms with Gasteiger partial charge in [0.15, 0.2) is 11.0 Å². The van der Waals surface area contributed by atoms with E-state index in [1.54, 1.807) is 23.9 Å². The molecule has 3 rings (SSSR count). The van der Waals surface area contributed by atoms with Crippen LogP contribution in [0.4, 0.5) is 5.69 Å². The summed E-state index contributed by atoms with van der Waals surface area (Å²) in [7, 11) is 1.93. The number of benzene rings is 1. The SMILES string of the molecule is Cn1c(COc2ccc([N+](=O)[O-])cc2)nnc1SCCN1CCCCC1. The number of likely N-dealkylation sites (tertiary alicyclic amines) is 1. The van der Waals surface area contributed by atoms with E-state index >= 15 is 0 Å². The molecule has 0 bridgehead atoms. The van der Waals surface area contributed by atoms with Crippen LogP contribution in [-0.2, 0) is 13.7 Å². The molecule has 1 saturated heterocycles. The Morgan fingerprint density at radius 1 is 1.19 bits per heavy atom. The van der Waals surface area contributed by atoms with Gasteiger partial charge in [-0.15, -0.1) is 10.2 Å². The van der Waals surface area contributed by atoms with Gasteiger partial charge in [0.2, 0.25) is 0 Å². The second-order valence-corrected chi connectivity index (χ2v) is 7.31. The van der Waals surface area contributed by atoms with Gasteiger partial charge >= 0.3 is 0 Å². The van der Waals surface area contributed by atoms with Crippen LogP contribution in [0.1, 0.15) is 25.1 Å². The summed E-state index contributed by atoms with van der Waals surface area (Å²) in [4.78, 5) is 12.7. The topological polar surface area (TPSA) is 86.3 Å². The molecule has 0 saturated carbocycles. The Morgan fingerprint density at radius 2 is 1.92 bits per heavy atom. The van der Waals surface area contributed by atoms with Crippen LogP contribution < -0.4 is 4.74 Å². The number of nitrogens with zero attached hydrogens (tertiary/aromatic N) is 5. The first kappa shape index (κ1) is 18.7. The van der Waals surface area contributed by atoms with Crippen molar-refractivity contribution in [2.75, 3.05) is 25.4 Å². The molecule has 1 fully saturated rings. The zero-order valence-electron chi connectivity index (χ0n) is 14.8. The van der Waals surface area contributed by atoms with Crippen molar-refractivity contribution in [1.29, 1.82) is 0 Å². The molecular formula is C17H23N5O3S. The van der Waals surface area contributed by atoms with Gasteiger partial charge in [0.1, 0.15) is 12.4 Å². The van der Waals surface area contributed by atoms with Crippen LogP contribution in [0.2, 0.25) is 0 Å². The number of non-ortho nitro benzene ring substituents is 1. The summed E-state index contributed by atoms with van der Waals surface area (Å²) in [5, 5.41) is 20.0. The zero-order chi connectivity index (χ0) is 18.4. The number of piperidine rings is 1. The van der Waals surface area contributed by atoms with E-state index in [0.29, 0.717) is 5.75 Å². The van der Waals surface area contributed by atoms with Gasteiger partial charge in [-0.05, 0) is 38.1 Å². The minimum Gasteiger partial charge on any atom is -0.486 e. The maximum atomic E-state index is 10.7. The van der Waals surface area contributed by atoms with Gasteiger partial charge in [0, 0.05) is 31.5 Å². The molecule has 2 heterocycles. The molecule has 0 amide bonds. The average Bonchev–Trinajstić information content (AvgIpc) is 3.01. The van der Waals surface area contributed by atoms with E-state index in [9.17, 15) is 10.1 Å². The predicted octanol–water partition coefficient (Wildman–Crippen LogP) is 2.88. The lowest BCUT2D eigenvalue weighted by Gasteiger charge is -2.25. The van der Waals surface area contributed by atoms with Crippen LogP contribution >= 0.6 is 11.8 Å². The predicted molar refractivity (Wildman–Crippen MR) is 99.4 cm³/mol. The molecule has 0 atom stereocenters. The summed E-state index contributed by atoms with van der Waals surface area (Å²) in [6, 6.07) is 6.02. The monoisotopic (exact) mass is 377 g/mol. The van der Waals surface area contributed by atoms with Crippen molar-refractivity contribution < 1.29 is 9.66 Å². The molecule has 0 spiro atoms. The van der Waals surface area contributed by atoms with E-state index in [-0.39, 0.29) is 12.3 Å². The molecule has 26 heavy (non-hydrogen) atoms. The smallest absolute Gasteiger partial charge is 0.269 e. The van der Waals surface area contributed by atoms with Crippen molar-refractivity contribution in [2.45, 2.75) is 31.0 Å². The molecule has 140 valence electrons. The van der Waals surface area contributed by atoms with E-state index in [0.717, 1.165) is 23.3 Å². The van der Waals surface area contributed by atoms with Gasteiger partial charge in [-0.1, -0.05) is 18.2 Å². The standard InChI is InChI=1S/C17H23N5O3S/c1-20-16(13-25-15-7-5-14(6-8-15)22(23)24)18-19-17(20)26-12-11-21-9-3-2-4-10-21/h5-8H,2-4,9-13H2,1H3. The van der Waals surface area contributed by atoms with Gasteiger partial charge in [-0.25, -0.2) is 0 Å². The summed E-state index contributed by atoms with van der Waals surface area (Å²) in [6.45, 7) is 3.75. The second kappa shape index (κ2) is 9.00. The van der Waals surface area contributed by atoms with E-state index < -0.39 is 4.92 Å². The van der Waals surface area contributed by atoms with Crippen molar-refractivity contribution in [2.24, 2.45) is 7.05 Å². The third-order valence-electron chi connectivity index (χ3n) is 4.43. The molecular weight excluding hydrogens is 354 g/mol. The van der Waals surface area contributed by atoms with Crippen LogP contribution in [0.15, 0.2) is 29.4 Å². The lowest BCUT2D eigenvalue weighted by Crippen LogP contribution is -2.31. The summed E-state index contributed by atoms with van der Waals surface area (Å²) >= 11 is 1.71. The van der Waals surface area contributed by atoms with Crippen LogP contribution in [0.3, 0.4) is 0 Å². The van der Waals surface area contributed by atoms with Crippen molar-refractivity contribution in [1.82, 2.24) is 19.7 Å². The Balaban J connectivity index is 1.47. The Hall–Kier alpha value is -2.13. The third kappa shape index (κ3) is 4.95. The van der Waals surface area contributed by atoms with Gasteiger partial charge in [0.25, 0.3) is 5.69 Å². The Labute approximate surface area is 156 Å². The van der Waals surface area contributed by atoms with Crippen LogP contribution in [0, 0.1) is 10.1 Å². The summed E-state index contributed by atoms with van der Waals surface area (Å²) < 4.78 is 7.59. The highest BCUT2D eigenvalue weighted by Gasteiger charge is 2.13. The molecule has 0 radical (unpaired) electrons. The summed E-state index contributed by atoms with van der Waals surface area (Å²) in [5.41, 5.74) is 0.0448. The summed E-state index contributed by atoms with van der Waals surface area (Å²) in [5.74, 6) is 2.29. The summed E-state index contributed by atoms with van der Waals surface area (Å²) in [6.07, 6.45) is 3.96. The fourth-order valence-corrected chi connectivity index (χ4v) is 3.79. The van der Waals surface area contributed by atoms with E-state index in [4.69, 9.17) is 4.74 Å². The number of nitro benzene ring substituents is 1. The first-order valence-corrected chi connectivity index (χ1v) is 9.73. The molecule has 9 heteroatoms. The van der Waals surface area contributed by atoms with Crippen molar-refractivity contribution in [3.05, 3.63) is 40.2 Å². The quantitative estimate of drug-likeness (QED) is 0.397. The molecule has 0 aliphatic carbocycles. The van der Waals surface area contributed by atoms with Gasteiger partial charge < -0.3 is 14.2 Å². The minimum absolute atomic E-state index is 0.0448. The number of aromatic nitrogens is 3. The van der Waals surface area contributed by atoms with E-state index in [2.05, 4.69) is 15.1 Å². The van der Waals surface area contributed by atoms with E-state index in [1.165, 1.54) is 44.5 Å². The fourth-order valence-electron chi connectivity index (χ4n) is 2.86. The van der Waals surface area contributed by atoms with E-state index in [1.807, 2.05) is 11.6 Å². The van der Waals surface area contributed by atoms with Gasteiger partial charge in [-0.2, -0.15) is 0 Å². The number of ether oxygens (including phenoxy) is 1. The fraction of sp³-hybridized carbons (Fsp3) is 0.529. The molecule has 1 aliphatic rings. The molecule has 0 N–H and O–H groups in total. The van der Waals surface area contributed by atoms with Crippen LogP contribution in [0.5, 0.6) is 5.75 Å². The lowest BCUT2D eigenvalue weighted by molar-refractivity contribution is -0.384. The maximum absolute atomic E-state index is 10.7. The van der Waals surface area contributed by atoms with Crippen LogP contribution in [0.25, 0.3) is 0 Å². The number of thioether (sulfide) groups is 1. The number of hydrogen-bond donors (Lipinski definition) is 0. The first-order valence-electron chi connectivity index (χ1n) is 8.74. The third-order valence-corrected chi connectivity index (χ3v) is 5.43. The largest absolute Gasteiger partial charge is 0.486 e. The van der Waals surface area contributed by atoms with Crippen molar-refractivity contribution in [3.8, 4) is 5.75 Å². The molecule has 1 aliphatic heterocycles. The van der Waals surface area contributed by atoms with Crippen LogP contribution in [-0.4, -0.2) is 50.0 Å². The molecule has 1 aromatic heterocycles. The molecule has 1 aromatic carbocycles. The van der Waals surface area contributed by atoms with Gasteiger partial charge in [-0.3, -0.25) is 10.1 Å². The average molecular weight is 377 g/mol. The number of hydrogen-bond acceptors (Lipinski definition) is 7. The molecule has 0 unspecified atom stereocenters. The Kier molecular flexibility index (Phi) is 6.45. The zero-order valence-corrected chi connectivity index (χ0v) is 15.7. The van der Waals surface area contributed by atoms with Gasteiger partial charge in [0.05, 0.1) is 4.92 Å². The Morgan fingerprint density at radius 3 is 2.62 bits per heavy atom. The van der Waals surface area contributed by atoms with Crippen molar-refractivity contribution >= 4 is 17.4 Å². The highest BCUT2D eigenvalue weighted by Crippen LogP contribution is 2.20. The first-order chi connectivity index (χ1) is 12.6. The lowest BCUT2D eigenvalue weighted by atomic mass is 10.1. The Bertz CT molecular complexity index is 728. The molecule has 2 aromatic rings. The van der Waals surface area contributed by atoms with Crippen molar-refractivity contribution in [3.63, 3.8) is 0 Å². The normalized spacial score (nSPS) is 15.1.